The minimum absolute atomic E-state index is 0.436. The van der Waals surface area contributed by atoms with Gasteiger partial charge in [-0.15, -0.1) is 11.3 Å². The monoisotopic (exact) mass is 403 g/mol. The van der Waals surface area contributed by atoms with Gasteiger partial charge in [-0.05, 0) is 33.4 Å². The first kappa shape index (κ1) is 14.8. The molecule has 0 saturated carbocycles. The van der Waals surface area contributed by atoms with Crippen molar-refractivity contribution < 1.29 is 4.74 Å². The molecular formula is C13H8BrCl2N3OS. The van der Waals surface area contributed by atoms with E-state index < -0.39 is 0 Å². The molecule has 0 aliphatic carbocycles. The summed E-state index contributed by atoms with van der Waals surface area (Å²) in [6.45, 7) is 0. The van der Waals surface area contributed by atoms with Crippen LogP contribution in [0, 0.1) is 0 Å². The summed E-state index contributed by atoms with van der Waals surface area (Å²) in [4.78, 5) is 9.53. The highest BCUT2D eigenvalue weighted by atomic mass is 79.9. The first-order valence-corrected chi connectivity index (χ1v) is 8.26. The molecule has 0 aliphatic heterocycles. The number of rotatable bonds is 3. The molecule has 0 radical (unpaired) electrons. The number of benzene rings is 1. The highest BCUT2D eigenvalue weighted by Gasteiger charge is 2.13. The van der Waals surface area contributed by atoms with Gasteiger partial charge in [0, 0.05) is 17.6 Å². The largest absolute Gasteiger partial charge is 0.437 e. The molecule has 21 heavy (non-hydrogen) atoms. The number of hydrogen-bond acceptors (Lipinski definition) is 5. The van der Waals surface area contributed by atoms with Crippen LogP contribution < -0.4 is 10.1 Å². The number of aromatic nitrogens is 2. The van der Waals surface area contributed by atoms with E-state index in [0.717, 1.165) is 10.2 Å². The van der Waals surface area contributed by atoms with E-state index in [1.54, 1.807) is 19.2 Å². The highest BCUT2D eigenvalue weighted by Crippen LogP contribution is 2.38. The van der Waals surface area contributed by atoms with Crippen LogP contribution >= 0.6 is 50.5 Å². The van der Waals surface area contributed by atoms with Gasteiger partial charge in [-0.25, -0.2) is 4.98 Å². The topological polar surface area (TPSA) is 47.0 Å². The van der Waals surface area contributed by atoms with Crippen LogP contribution in [0.5, 0.6) is 11.6 Å². The van der Waals surface area contributed by atoms with Crippen molar-refractivity contribution >= 4 is 66.6 Å². The SMILES string of the molecule is CNc1nc(Oc2cc(Cl)c(Br)cc2Cl)c2ccsc2n1. The molecular weight excluding hydrogens is 397 g/mol. The van der Waals surface area contributed by atoms with E-state index >= 15 is 0 Å². The van der Waals surface area contributed by atoms with Gasteiger partial charge in [0.15, 0.2) is 0 Å². The van der Waals surface area contributed by atoms with Crippen LogP contribution in [-0.2, 0) is 0 Å². The molecule has 3 aromatic rings. The summed E-state index contributed by atoms with van der Waals surface area (Å²) in [6, 6.07) is 5.24. The van der Waals surface area contributed by atoms with Crippen LogP contribution in [0.25, 0.3) is 10.2 Å². The third-order valence-corrected chi connectivity index (χ3v) is 4.99. The van der Waals surface area contributed by atoms with E-state index in [-0.39, 0.29) is 0 Å². The number of halogens is 3. The number of hydrogen-bond donors (Lipinski definition) is 1. The van der Waals surface area contributed by atoms with Crippen LogP contribution in [0.1, 0.15) is 0 Å². The van der Waals surface area contributed by atoms with Crippen LogP contribution in [0.3, 0.4) is 0 Å². The molecule has 4 nitrogen and oxygen atoms in total. The predicted octanol–water partition coefficient (Wildman–Crippen LogP) is 5.59. The maximum atomic E-state index is 6.18. The molecule has 0 bridgehead atoms. The first-order valence-electron chi connectivity index (χ1n) is 5.84. The highest BCUT2D eigenvalue weighted by molar-refractivity contribution is 9.10. The molecule has 0 aliphatic rings. The number of anilines is 1. The molecule has 3 rings (SSSR count). The molecule has 0 fully saturated rings. The molecule has 0 unspecified atom stereocenters. The summed E-state index contributed by atoms with van der Waals surface area (Å²) in [5.41, 5.74) is 0. The number of ether oxygens (including phenoxy) is 1. The Balaban J connectivity index is 2.09. The van der Waals surface area contributed by atoms with Gasteiger partial charge in [0.05, 0.1) is 15.4 Å². The second-order valence-electron chi connectivity index (χ2n) is 4.04. The number of fused-ring (bicyclic) bond motifs is 1. The standard InChI is InChI=1S/C13H8BrCl2N3OS/c1-17-13-18-11(6-2-3-21-12(6)19-13)20-10-5-8(15)7(14)4-9(10)16/h2-5H,1H3,(H,17,18,19). The van der Waals surface area contributed by atoms with Crippen LogP contribution in [-0.4, -0.2) is 17.0 Å². The van der Waals surface area contributed by atoms with Gasteiger partial charge >= 0.3 is 0 Å². The van der Waals surface area contributed by atoms with E-state index in [4.69, 9.17) is 27.9 Å². The second kappa shape index (κ2) is 5.96. The molecule has 1 aromatic carbocycles. The fourth-order valence-corrected chi connectivity index (χ4v) is 3.29. The summed E-state index contributed by atoms with van der Waals surface area (Å²) in [7, 11) is 1.75. The average Bonchev–Trinajstić information content (AvgIpc) is 2.93. The minimum Gasteiger partial charge on any atom is -0.437 e. The third-order valence-electron chi connectivity index (χ3n) is 2.70. The average molecular weight is 405 g/mol. The molecule has 0 spiro atoms. The molecule has 1 N–H and O–H groups in total. The maximum Gasteiger partial charge on any atom is 0.232 e. The molecule has 2 aromatic heterocycles. The van der Waals surface area contributed by atoms with Crippen LogP contribution in [0.4, 0.5) is 5.95 Å². The Morgan fingerprint density at radius 2 is 2.05 bits per heavy atom. The number of nitrogens with zero attached hydrogens (tertiary/aromatic N) is 2. The zero-order chi connectivity index (χ0) is 15.0. The van der Waals surface area contributed by atoms with Gasteiger partial charge in [0.2, 0.25) is 11.8 Å². The minimum atomic E-state index is 0.436. The zero-order valence-electron chi connectivity index (χ0n) is 10.7. The molecule has 108 valence electrons. The van der Waals surface area contributed by atoms with E-state index in [1.165, 1.54) is 11.3 Å². The lowest BCUT2D eigenvalue weighted by atomic mass is 10.3. The quantitative estimate of drug-likeness (QED) is 0.577. The Kier molecular flexibility index (Phi) is 4.21. The van der Waals surface area contributed by atoms with E-state index in [0.29, 0.717) is 32.1 Å². The molecule has 0 amide bonds. The summed E-state index contributed by atoms with van der Waals surface area (Å²) in [5.74, 6) is 1.36. The fraction of sp³-hybridized carbons (Fsp3) is 0.0769. The van der Waals surface area contributed by atoms with Gasteiger partial charge in [0.1, 0.15) is 10.6 Å². The molecule has 2 heterocycles. The Morgan fingerprint density at radius 3 is 2.81 bits per heavy atom. The number of thiophene rings is 1. The van der Waals surface area contributed by atoms with Crippen molar-refractivity contribution in [3.63, 3.8) is 0 Å². The fourth-order valence-electron chi connectivity index (χ4n) is 1.70. The number of nitrogens with one attached hydrogen (secondary N) is 1. The van der Waals surface area contributed by atoms with E-state index in [9.17, 15) is 0 Å². The second-order valence-corrected chi connectivity index (χ2v) is 6.60. The Morgan fingerprint density at radius 1 is 1.24 bits per heavy atom. The first-order chi connectivity index (χ1) is 10.1. The summed E-state index contributed by atoms with van der Waals surface area (Å²) in [5, 5.41) is 6.62. The van der Waals surface area contributed by atoms with Crippen molar-refractivity contribution in [1.29, 1.82) is 0 Å². The molecule has 8 heteroatoms. The van der Waals surface area contributed by atoms with Crippen molar-refractivity contribution in [3.8, 4) is 11.6 Å². The van der Waals surface area contributed by atoms with Gasteiger partial charge in [-0.3, -0.25) is 0 Å². The molecule has 0 saturated heterocycles. The third kappa shape index (κ3) is 2.94. The van der Waals surface area contributed by atoms with Gasteiger partial charge in [0.25, 0.3) is 0 Å². The van der Waals surface area contributed by atoms with Gasteiger partial charge in [-0.2, -0.15) is 4.98 Å². The summed E-state index contributed by atoms with van der Waals surface area (Å²) in [6.07, 6.45) is 0. The Labute approximate surface area is 143 Å². The van der Waals surface area contributed by atoms with Crippen molar-refractivity contribution in [3.05, 3.63) is 38.1 Å². The van der Waals surface area contributed by atoms with Gasteiger partial charge in [-0.1, -0.05) is 23.2 Å². The zero-order valence-corrected chi connectivity index (χ0v) is 14.6. The van der Waals surface area contributed by atoms with Crippen molar-refractivity contribution in [2.24, 2.45) is 0 Å². The van der Waals surface area contributed by atoms with Crippen LogP contribution in [0.15, 0.2) is 28.1 Å². The lowest BCUT2D eigenvalue weighted by molar-refractivity contribution is 0.469. The Hall–Kier alpha value is -1.08. The van der Waals surface area contributed by atoms with E-state index in [2.05, 4.69) is 31.2 Å². The van der Waals surface area contributed by atoms with Crippen molar-refractivity contribution in [2.45, 2.75) is 0 Å². The lowest BCUT2D eigenvalue weighted by Gasteiger charge is -2.10. The predicted molar refractivity (Wildman–Crippen MR) is 91.2 cm³/mol. The van der Waals surface area contributed by atoms with Gasteiger partial charge < -0.3 is 10.1 Å². The Bertz CT molecular complexity index is 825. The summed E-state index contributed by atoms with van der Waals surface area (Å²) >= 11 is 17.1. The van der Waals surface area contributed by atoms with Crippen molar-refractivity contribution in [2.75, 3.05) is 12.4 Å². The maximum absolute atomic E-state index is 6.18. The summed E-state index contributed by atoms with van der Waals surface area (Å²) < 4.78 is 6.55. The van der Waals surface area contributed by atoms with E-state index in [1.807, 2.05) is 11.4 Å². The normalized spacial score (nSPS) is 10.9. The molecule has 0 atom stereocenters. The van der Waals surface area contributed by atoms with Crippen LogP contribution in [0.2, 0.25) is 10.0 Å². The smallest absolute Gasteiger partial charge is 0.232 e. The lowest BCUT2D eigenvalue weighted by Crippen LogP contribution is -1.98. The van der Waals surface area contributed by atoms with Crippen molar-refractivity contribution in [1.82, 2.24) is 9.97 Å².